The molecular weight excluding hydrogens is 348 g/mol. The van der Waals surface area contributed by atoms with E-state index in [1.807, 2.05) is 32.0 Å². The van der Waals surface area contributed by atoms with Crippen molar-refractivity contribution >= 4 is 38.9 Å². The molecule has 0 saturated heterocycles. The van der Waals surface area contributed by atoms with Crippen molar-refractivity contribution < 1.29 is 4.79 Å². The van der Waals surface area contributed by atoms with Crippen LogP contribution in [-0.4, -0.2) is 12.5 Å². The van der Waals surface area contributed by atoms with Crippen LogP contribution in [-0.2, 0) is 0 Å². The Morgan fingerprint density at radius 1 is 1.38 bits per heavy atom. The molecule has 0 bridgehead atoms. The fourth-order valence-corrected chi connectivity index (χ4v) is 3.82. The quantitative estimate of drug-likeness (QED) is 0.801. The molecule has 0 aliphatic heterocycles. The molecule has 0 saturated carbocycles. The van der Waals surface area contributed by atoms with Gasteiger partial charge in [0.1, 0.15) is 0 Å². The van der Waals surface area contributed by atoms with Crippen LogP contribution in [0.3, 0.4) is 0 Å². The van der Waals surface area contributed by atoms with E-state index >= 15 is 0 Å². The van der Waals surface area contributed by atoms with Crippen molar-refractivity contribution in [1.82, 2.24) is 5.32 Å². The van der Waals surface area contributed by atoms with Gasteiger partial charge in [-0.05, 0) is 65.8 Å². The van der Waals surface area contributed by atoms with Crippen molar-refractivity contribution in [2.24, 2.45) is 0 Å². The average Bonchev–Trinajstić information content (AvgIpc) is 2.87. The van der Waals surface area contributed by atoms with E-state index in [-0.39, 0.29) is 11.9 Å². The fraction of sp³-hybridized carbons (Fsp3) is 0.312. The third-order valence-electron chi connectivity index (χ3n) is 3.25. The summed E-state index contributed by atoms with van der Waals surface area (Å²) in [6.07, 6.45) is 0. The zero-order chi connectivity index (χ0) is 15.4. The van der Waals surface area contributed by atoms with Gasteiger partial charge in [0.25, 0.3) is 5.91 Å². The zero-order valence-electron chi connectivity index (χ0n) is 12.4. The molecule has 1 aromatic carbocycles. The molecule has 2 rings (SSSR count). The van der Waals surface area contributed by atoms with Gasteiger partial charge in [-0.15, -0.1) is 11.3 Å². The Morgan fingerprint density at radius 3 is 2.76 bits per heavy atom. The van der Waals surface area contributed by atoms with Gasteiger partial charge in [0, 0.05) is 27.1 Å². The van der Waals surface area contributed by atoms with Crippen LogP contribution in [0.4, 0.5) is 5.69 Å². The first-order valence-corrected chi connectivity index (χ1v) is 8.58. The number of halogens is 1. The summed E-state index contributed by atoms with van der Waals surface area (Å²) >= 11 is 5.28. The topological polar surface area (TPSA) is 41.1 Å². The predicted molar refractivity (Wildman–Crippen MR) is 93.2 cm³/mol. The zero-order valence-corrected chi connectivity index (χ0v) is 14.8. The SMILES string of the molecule is CCNC(=O)c1ccc(C)c(NC(C)c2sccc2Br)c1. The summed E-state index contributed by atoms with van der Waals surface area (Å²) in [5.41, 5.74) is 2.80. The van der Waals surface area contributed by atoms with E-state index in [9.17, 15) is 4.79 Å². The Morgan fingerprint density at radius 2 is 2.14 bits per heavy atom. The lowest BCUT2D eigenvalue weighted by molar-refractivity contribution is 0.0956. The molecule has 1 heterocycles. The lowest BCUT2D eigenvalue weighted by Crippen LogP contribution is -2.22. The minimum absolute atomic E-state index is 0.0366. The monoisotopic (exact) mass is 366 g/mol. The molecular formula is C16H19BrN2OS. The smallest absolute Gasteiger partial charge is 0.251 e. The second-order valence-corrected chi connectivity index (χ2v) is 6.69. The summed E-state index contributed by atoms with van der Waals surface area (Å²) in [7, 11) is 0. The van der Waals surface area contributed by atoms with Crippen molar-refractivity contribution in [1.29, 1.82) is 0 Å². The van der Waals surface area contributed by atoms with Gasteiger partial charge in [0.15, 0.2) is 0 Å². The number of rotatable bonds is 5. The summed E-state index contributed by atoms with van der Waals surface area (Å²) in [6, 6.07) is 7.98. The first-order valence-electron chi connectivity index (χ1n) is 6.91. The largest absolute Gasteiger partial charge is 0.377 e. The maximum absolute atomic E-state index is 11.9. The summed E-state index contributed by atoms with van der Waals surface area (Å²) in [4.78, 5) is 13.2. The van der Waals surface area contributed by atoms with Gasteiger partial charge in [-0.25, -0.2) is 0 Å². The van der Waals surface area contributed by atoms with Gasteiger partial charge in [-0.2, -0.15) is 0 Å². The Hall–Kier alpha value is -1.33. The van der Waals surface area contributed by atoms with Gasteiger partial charge < -0.3 is 10.6 Å². The van der Waals surface area contributed by atoms with Gasteiger partial charge >= 0.3 is 0 Å². The minimum Gasteiger partial charge on any atom is -0.377 e. The van der Waals surface area contributed by atoms with Crippen LogP contribution in [0.15, 0.2) is 34.1 Å². The molecule has 0 spiro atoms. The fourth-order valence-electron chi connectivity index (χ4n) is 2.09. The molecule has 112 valence electrons. The van der Waals surface area contributed by atoms with Crippen LogP contribution >= 0.6 is 27.3 Å². The Balaban J connectivity index is 2.21. The second-order valence-electron chi connectivity index (χ2n) is 4.89. The third-order valence-corrected chi connectivity index (χ3v) is 5.30. The number of carbonyl (C=O) groups is 1. The van der Waals surface area contributed by atoms with Crippen molar-refractivity contribution in [3.8, 4) is 0 Å². The van der Waals surface area contributed by atoms with Crippen LogP contribution in [0.5, 0.6) is 0 Å². The molecule has 0 aliphatic carbocycles. The van der Waals surface area contributed by atoms with E-state index in [1.165, 1.54) is 4.88 Å². The minimum atomic E-state index is -0.0366. The van der Waals surface area contributed by atoms with Crippen LogP contribution < -0.4 is 10.6 Å². The van der Waals surface area contributed by atoms with E-state index in [1.54, 1.807) is 11.3 Å². The van der Waals surface area contributed by atoms with Gasteiger partial charge in [0.05, 0.1) is 6.04 Å². The van der Waals surface area contributed by atoms with Crippen molar-refractivity contribution in [2.75, 3.05) is 11.9 Å². The Kier molecular flexibility index (Phi) is 5.42. The van der Waals surface area contributed by atoms with Crippen molar-refractivity contribution in [3.05, 3.63) is 50.1 Å². The van der Waals surface area contributed by atoms with Crippen LogP contribution in [0, 0.1) is 6.92 Å². The Labute approximate surface area is 137 Å². The van der Waals surface area contributed by atoms with Gasteiger partial charge in [-0.3, -0.25) is 4.79 Å². The molecule has 0 fully saturated rings. The standard InChI is InChI=1S/C16H19BrN2OS/c1-4-18-16(20)12-6-5-10(2)14(9-12)19-11(3)15-13(17)7-8-21-15/h5-9,11,19H,4H2,1-3H3,(H,18,20). The molecule has 3 nitrogen and oxygen atoms in total. The number of carbonyl (C=O) groups excluding carboxylic acids is 1. The molecule has 1 amide bonds. The van der Waals surface area contributed by atoms with E-state index in [2.05, 4.69) is 44.9 Å². The van der Waals surface area contributed by atoms with E-state index in [0.717, 1.165) is 15.7 Å². The average molecular weight is 367 g/mol. The van der Waals surface area contributed by atoms with Crippen LogP contribution in [0.1, 0.15) is 40.7 Å². The number of aryl methyl sites for hydroxylation is 1. The number of benzene rings is 1. The number of amides is 1. The number of hydrogen-bond acceptors (Lipinski definition) is 3. The molecule has 1 aromatic heterocycles. The molecule has 5 heteroatoms. The van der Waals surface area contributed by atoms with Crippen LogP contribution in [0.25, 0.3) is 0 Å². The summed E-state index contributed by atoms with van der Waals surface area (Å²) in [5.74, 6) is -0.0366. The first-order chi connectivity index (χ1) is 10.0. The normalized spacial score (nSPS) is 12.0. The highest BCUT2D eigenvalue weighted by Crippen LogP contribution is 2.32. The maximum Gasteiger partial charge on any atom is 0.251 e. The molecule has 0 radical (unpaired) electrons. The summed E-state index contributed by atoms with van der Waals surface area (Å²) < 4.78 is 1.12. The summed E-state index contributed by atoms with van der Waals surface area (Å²) in [5, 5.41) is 8.38. The van der Waals surface area contributed by atoms with Gasteiger partial charge in [0.2, 0.25) is 0 Å². The van der Waals surface area contributed by atoms with E-state index in [0.29, 0.717) is 12.1 Å². The Bertz CT molecular complexity index is 639. The number of hydrogen-bond donors (Lipinski definition) is 2. The molecule has 21 heavy (non-hydrogen) atoms. The lowest BCUT2D eigenvalue weighted by atomic mass is 10.1. The third kappa shape index (κ3) is 3.86. The highest BCUT2D eigenvalue weighted by molar-refractivity contribution is 9.10. The molecule has 2 N–H and O–H groups in total. The molecule has 2 aromatic rings. The van der Waals surface area contributed by atoms with E-state index in [4.69, 9.17) is 0 Å². The maximum atomic E-state index is 11.9. The predicted octanol–water partition coefficient (Wildman–Crippen LogP) is 4.74. The van der Waals surface area contributed by atoms with Gasteiger partial charge in [-0.1, -0.05) is 6.07 Å². The number of anilines is 1. The van der Waals surface area contributed by atoms with Crippen molar-refractivity contribution in [2.45, 2.75) is 26.8 Å². The first kappa shape index (κ1) is 16.0. The van der Waals surface area contributed by atoms with Crippen molar-refractivity contribution in [3.63, 3.8) is 0 Å². The highest BCUT2D eigenvalue weighted by atomic mass is 79.9. The lowest BCUT2D eigenvalue weighted by Gasteiger charge is -2.17. The molecule has 0 aliphatic rings. The number of nitrogens with one attached hydrogen (secondary N) is 2. The highest BCUT2D eigenvalue weighted by Gasteiger charge is 2.13. The van der Waals surface area contributed by atoms with Crippen LogP contribution in [0.2, 0.25) is 0 Å². The summed E-state index contributed by atoms with van der Waals surface area (Å²) in [6.45, 7) is 6.71. The van der Waals surface area contributed by atoms with E-state index < -0.39 is 0 Å². The second kappa shape index (κ2) is 7.09. The number of thiophene rings is 1. The molecule has 1 atom stereocenters. The molecule has 1 unspecified atom stereocenters.